The highest BCUT2D eigenvalue weighted by molar-refractivity contribution is 6.46. The van der Waals surface area contributed by atoms with Crippen LogP contribution in [0.15, 0.2) is 96.6 Å². The molecule has 0 spiro atoms. The van der Waals surface area contributed by atoms with Crippen molar-refractivity contribution in [3.05, 3.63) is 113 Å². The van der Waals surface area contributed by atoms with Crippen LogP contribution in [0.25, 0.3) is 16.5 Å². The maximum absolute atomic E-state index is 13.5. The smallest absolute Gasteiger partial charge is 0.295 e. The number of ketones is 1. The maximum atomic E-state index is 13.5. The third kappa shape index (κ3) is 4.73. The molecule has 1 N–H and O–H groups in total. The SMILES string of the molecule is COc1cccc(CN2C(=O)C(=O)/C(=C(\O)c3cccc4ccccc34)C2c2ccc(OC(C)C)cc2)c1. The van der Waals surface area contributed by atoms with Gasteiger partial charge in [-0.2, -0.15) is 0 Å². The van der Waals surface area contributed by atoms with Gasteiger partial charge in [-0.25, -0.2) is 0 Å². The molecule has 6 nitrogen and oxygen atoms in total. The van der Waals surface area contributed by atoms with Crippen LogP contribution in [0.4, 0.5) is 0 Å². The average Bonchev–Trinajstić information content (AvgIpc) is 3.17. The van der Waals surface area contributed by atoms with Gasteiger partial charge in [0.15, 0.2) is 0 Å². The highest BCUT2D eigenvalue weighted by Crippen LogP contribution is 2.41. The lowest BCUT2D eigenvalue weighted by molar-refractivity contribution is -0.140. The summed E-state index contributed by atoms with van der Waals surface area (Å²) in [5, 5.41) is 13.3. The molecule has 1 aliphatic rings. The molecule has 0 aliphatic carbocycles. The van der Waals surface area contributed by atoms with E-state index in [1.165, 1.54) is 4.90 Å². The Labute approximate surface area is 221 Å². The number of aliphatic hydroxyl groups excluding tert-OH is 1. The van der Waals surface area contributed by atoms with Crippen molar-refractivity contribution in [3.8, 4) is 11.5 Å². The van der Waals surface area contributed by atoms with E-state index in [1.54, 1.807) is 13.2 Å². The molecule has 4 aromatic carbocycles. The summed E-state index contributed by atoms with van der Waals surface area (Å²) in [6.45, 7) is 4.06. The monoisotopic (exact) mass is 507 g/mol. The summed E-state index contributed by atoms with van der Waals surface area (Å²) < 4.78 is 11.1. The molecule has 1 aliphatic heterocycles. The summed E-state index contributed by atoms with van der Waals surface area (Å²) >= 11 is 0. The summed E-state index contributed by atoms with van der Waals surface area (Å²) in [4.78, 5) is 28.5. The third-order valence-corrected chi connectivity index (χ3v) is 6.64. The molecule has 1 amide bonds. The van der Waals surface area contributed by atoms with Crippen LogP contribution in [0.5, 0.6) is 11.5 Å². The predicted octanol–water partition coefficient (Wildman–Crippen LogP) is 6.26. The fourth-order valence-electron chi connectivity index (χ4n) is 4.93. The number of hydrogen-bond acceptors (Lipinski definition) is 5. The van der Waals surface area contributed by atoms with E-state index < -0.39 is 17.7 Å². The highest BCUT2D eigenvalue weighted by atomic mass is 16.5. The number of amides is 1. The molecule has 38 heavy (non-hydrogen) atoms. The second-order valence-corrected chi connectivity index (χ2v) is 9.54. The first-order valence-corrected chi connectivity index (χ1v) is 12.5. The van der Waals surface area contributed by atoms with Gasteiger partial charge >= 0.3 is 0 Å². The summed E-state index contributed by atoms with van der Waals surface area (Å²) in [7, 11) is 1.58. The van der Waals surface area contributed by atoms with Crippen LogP contribution in [0.3, 0.4) is 0 Å². The molecule has 1 fully saturated rings. The van der Waals surface area contributed by atoms with Gasteiger partial charge in [0, 0.05) is 12.1 Å². The van der Waals surface area contributed by atoms with Crippen molar-refractivity contribution in [3.63, 3.8) is 0 Å². The summed E-state index contributed by atoms with van der Waals surface area (Å²) in [6.07, 6.45) is 0.00547. The summed E-state index contributed by atoms with van der Waals surface area (Å²) in [5.41, 5.74) is 2.07. The van der Waals surface area contributed by atoms with Gasteiger partial charge in [0.1, 0.15) is 17.3 Å². The summed E-state index contributed by atoms with van der Waals surface area (Å²) in [6, 6.07) is 27.1. The molecule has 0 radical (unpaired) electrons. The Morgan fingerprint density at radius 3 is 2.34 bits per heavy atom. The first-order chi connectivity index (χ1) is 18.4. The van der Waals surface area contributed by atoms with E-state index in [0.29, 0.717) is 22.6 Å². The van der Waals surface area contributed by atoms with Gasteiger partial charge in [0.05, 0.1) is 24.8 Å². The molecule has 5 rings (SSSR count). The topological polar surface area (TPSA) is 76.1 Å². The normalized spacial score (nSPS) is 16.8. The second-order valence-electron chi connectivity index (χ2n) is 9.54. The molecule has 0 aromatic heterocycles. The Bertz CT molecular complexity index is 1530. The van der Waals surface area contributed by atoms with Crippen LogP contribution in [0.2, 0.25) is 0 Å². The molecule has 0 saturated carbocycles. The van der Waals surface area contributed by atoms with Crippen LogP contribution in [0, 0.1) is 0 Å². The van der Waals surface area contributed by atoms with Gasteiger partial charge < -0.3 is 19.5 Å². The minimum absolute atomic E-state index is 0.00547. The largest absolute Gasteiger partial charge is 0.507 e. The van der Waals surface area contributed by atoms with E-state index in [9.17, 15) is 14.7 Å². The van der Waals surface area contributed by atoms with E-state index in [1.807, 2.05) is 98.8 Å². The van der Waals surface area contributed by atoms with Crippen LogP contribution >= 0.6 is 0 Å². The van der Waals surface area contributed by atoms with Crippen LogP contribution in [-0.4, -0.2) is 34.9 Å². The maximum Gasteiger partial charge on any atom is 0.295 e. The number of rotatable bonds is 7. The van der Waals surface area contributed by atoms with Crippen LogP contribution in [0.1, 0.15) is 36.6 Å². The molecule has 6 heteroatoms. The second kappa shape index (κ2) is 10.4. The minimum atomic E-state index is -0.784. The Kier molecular flexibility index (Phi) is 6.88. The Hall–Kier alpha value is -4.58. The molecular formula is C32H29NO5. The van der Waals surface area contributed by atoms with E-state index in [0.717, 1.165) is 16.3 Å². The molecule has 4 aromatic rings. The van der Waals surface area contributed by atoms with Gasteiger partial charge in [-0.15, -0.1) is 0 Å². The highest BCUT2D eigenvalue weighted by Gasteiger charge is 2.46. The quantitative estimate of drug-likeness (QED) is 0.182. The van der Waals surface area contributed by atoms with Gasteiger partial charge in [0.25, 0.3) is 11.7 Å². The number of fused-ring (bicyclic) bond motifs is 1. The standard InChI is InChI=1S/C32H29NO5/c1-20(2)38-24-16-14-23(15-17-24)29-28(30(34)27-13-7-10-22-9-4-5-12-26(22)27)31(35)32(36)33(29)19-21-8-6-11-25(18-21)37-3/h4-18,20,29,34H,19H2,1-3H3/b30-28-. The number of likely N-dealkylation sites (tertiary alicyclic amines) is 1. The van der Waals surface area contributed by atoms with Gasteiger partial charge in [-0.3, -0.25) is 9.59 Å². The lowest BCUT2D eigenvalue weighted by atomic mass is 9.93. The van der Waals surface area contributed by atoms with Gasteiger partial charge in [0.2, 0.25) is 0 Å². The van der Waals surface area contributed by atoms with Crippen molar-refractivity contribution in [2.24, 2.45) is 0 Å². The zero-order valence-electron chi connectivity index (χ0n) is 21.5. The predicted molar refractivity (Wildman–Crippen MR) is 147 cm³/mol. The number of benzene rings is 4. The molecule has 1 atom stereocenters. The Morgan fingerprint density at radius 1 is 0.895 bits per heavy atom. The number of nitrogens with zero attached hydrogens (tertiary/aromatic N) is 1. The van der Waals surface area contributed by atoms with Crippen molar-refractivity contribution in [2.45, 2.75) is 32.5 Å². The lowest BCUT2D eigenvalue weighted by Gasteiger charge is -2.26. The van der Waals surface area contributed by atoms with E-state index in [2.05, 4.69) is 0 Å². The molecule has 1 heterocycles. The number of aliphatic hydroxyl groups is 1. The van der Waals surface area contributed by atoms with Crippen LogP contribution < -0.4 is 9.47 Å². The first kappa shape index (κ1) is 25.1. The van der Waals surface area contributed by atoms with E-state index in [-0.39, 0.29) is 24.0 Å². The first-order valence-electron chi connectivity index (χ1n) is 12.5. The zero-order chi connectivity index (χ0) is 26.8. The van der Waals surface area contributed by atoms with Crippen molar-refractivity contribution in [1.29, 1.82) is 0 Å². The molecule has 192 valence electrons. The van der Waals surface area contributed by atoms with Crippen molar-refractivity contribution in [2.75, 3.05) is 7.11 Å². The van der Waals surface area contributed by atoms with Crippen LogP contribution in [-0.2, 0) is 16.1 Å². The van der Waals surface area contributed by atoms with Crippen molar-refractivity contribution >= 4 is 28.2 Å². The molecular weight excluding hydrogens is 478 g/mol. The van der Waals surface area contributed by atoms with Gasteiger partial charge in [-0.05, 0) is 60.0 Å². The fraction of sp³-hybridized carbons (Fsp3) is 0.188. The Balaban J connectivity index is 1.66. The number of carbonyl (C=O) groups excluding carboxylic acids is 2. The lowest BCUT2D eigenvalue weighted by Crippen LogP contribution is -2.29. The summed E-state index contributed by atoms with van der Waals surface area (Å²) in [5.74, 6) is -0.238. The molecule has 0 bridgehead atoms. The number of methoxy groups -OCH3 is 1. The third-order valence-electron chi connectivity index (χ3n) is 6.64. The minimum Gasteiger partial charge on any atom is -0.507 e. The fourth-order valence-corrected chi connectivity index (χ4v) is 4.93. The number of Topliss-reactive ketones (excluding diaryl/α,β-unsaturated/α-hetero) is 1. The van der Waals surface area contributed by atoms with Gasteiger partial charge in [-0.1, -0.05) is 66.7 Å². The van der Waals surface area contributed by atoms with Crippen molar-refractivity contribution in [1.82, 2.24) is 4.90 Å². The van der Waals surface area contributed by atoms with E-state index in [4.69, 9.17) is 9.47 Å². The number of hydrogen-bond donors (Lipinski definition) is 1. The molecule has 1 saturated heterocycles. The average molecular weight is 508 g/mol. The zero-order valence-corrected chi connectivity index (χ0v) is 21.5. The Morgan fingerprint density at radius 2 is 1.61 bits per heavy atom. The van der Waals surface area contributed by atoms with Crippen molar-refractivity contribution < 1.29 is 24.2 Å². The number of carbonyl (C=O) groups is 2. The number of ether oxygens (including phenoxy) is 2. The van der Waals surface area contributed by atoms with E-state index >= 15 is 0 Å². The molecule has 1 unspecified atom stereocenters.